The van der Waals surface area contributed by atoms with Gasteiger partial charge in [0.1, 0.15) is 0 Å². The van der Waals surface area contributed by atoms with Crippen LogP contribution in [0.4, 0.5) is 0 Å². The van der Waals surface area contributed by atoms with E-state index in [1.54, 1.807) is 5.06 Å². The quantitative estimate of drug-likeness (QED) is 0.712. The zero-order chi connectivity index (χ0) is 12.3. The van der Waals surface area contributed by atoms with E-state index in [2.05, 4.69) is 34.6 Å². The monoisotopic (exact) mass is 215 g/mol. The molecule has 0 unspecified atom stereocenters. The highest BCUT2D eigenvalue weighted by atomic mass is 16.5. The molecule has 0 aromatic heterocycles. The third-order valence-electron chi connectivity index (χ3n) is 3.30. The normalized spacial score (nSPS) is 25.6. The number of nitrogens with zero attached hydrogens (tertiary/aromatic N) is 1. The van der Waals surface area contributed by atoms with Gasteiger partial charge in [0.15, 0.2) is 0 Å². The van der Waals surface area contributed by atoms with E-state index < -0.39 is 0 Å². The molecular weight excluding hydrogens is 186 g/mol. The molecule has 2 heteroatoms. The fourth-order valence-electron chi connectivity index (χ4n) is 2.77. The van der Waals surface area contributed by atoms with Crippen molar-refractivity contribution in [3.05, 3.63) is 0 Å². The van der Waals surface area contributed by atoms with Crippen molar-refractivity contribution in [2.45, 2.75) is 78.8 Å². The van der Waals surface area contributed by atoms with Crippen molar-refractivity contribution < 1.29 is 5.21 Å². The lowest BCUT2D eigenvalue weighted by Gasteiger charge is -2.51. The summed E-state index contributed by atoms with van der Waals surface area (Å²) < 4.78 is 0. The summed E-state index contributed by atoms with van der Waals surface area (Å²) >= 11 is 0. The van der Waals surface area contributed by atoms with Crippen molar-refractivity contribution in [3.63, 3.8) is 0 Å². The van der Waals surface area contributed by atoms with Crippen LogP contribution in [0.2, 0.25) is 0 Å². The largest absolute Gasteiger partial charge is 0.313 e. The maximum Gasteiger partial charge on any atom is 0.0413 e. The molecule has 0 amide bonds. The first-order valence-electron chi connectivity index (χ1n) is 6.29. The molecule has 15 heavy (non-hydrogen) atoms. The van der Waals surface area contributed by atoms with Crippen molar-refractivity contribution in [2.24, 2.45) is 5.92 Å². The van der Waals surface area contributed by atoms with Gasteiger partial charge in [-0.3, -0.25) is 0 Å². The molecule has 1 heterocycles. The highest BCUT2D eigenvalue weighted by Gasteiger charge is 2.44. The minimum absolute atomic E-state index is 0.0670. The summed E-state index contributed by atoms with van der Waals surface area (Å²) in [7, 11) is 0. The molecule has 1 saturated heterocycles. The Hall–Kier alpha value is -0.0800. The van der Waals surface area contributed by atoms with Crippen LogP contribution in [0.3, 0.4) is 0 Å². The Morgan fingerprint density at radius 1 is 1.07 bits per heavy atom. The number of piperidine rings is 1. The topological polar surface area (TPSA) is 23.5 Å². The molecule has 0 atom stereocenters. The first-order chi connectivity index (χ1) is 6.79. The Morgan fingerprint density at radius 3 is 1.67 bits per heavy atom. The SMILES string of the molecule is CC.CCC1CC(C)(C)N(O)C(C)(C)C1. The van der Waals surface area contributed by atoms with E-state index in [0.29, 0.717) is 0 Å². The number of hydroxylamine groups is 2. The Bertz CT molecular complexity index is 169. The van der Waals surface area contributed by atoms with Crippen LogP contribution in [0.15, 0.2) is 0 Å². The summed E-state index contributed by atoms with van der Waals surface area (Å²) in [6, 6.07) is 0. The average Bonchev–Trinajstić information content (AvgIpc) is 2.16. The molecule has 1 N–H and O–H groups in total. The minimum atomic E-state index is -0.0670. The molecule has 92 valence electrons. The second-order valence-corrected chi connectivity index (χ2v) is 5.62. The van der Waals surface area contributed by atoms with Crippen LogP contribution in [0.25, 0.3) is 0 Å². The predicted octanol–water partition coefficient (Wildman–Crippen LogP) is 4.08. The third kappa shape index (κ3) is 3.46. The number of rotatable bonds is 1. The van der Waals surface area contributed by atoms with Gasteiger partial charge in [-0.05, 0) is 46.5 Å². The van der Waals surface area contributed by atoms with Gasteiger partial charge in [-0.1, -0.05) is 27.2 Å². The van der Waals surface area contributed by atoms with Gasteiger partial charge in [-0.25, -0.2) is 0 Å². The zero-order valence-electron chi connectivity index (χ0n) is 11.6. The number of hydrogen-bond acceptors (Lipinski definition) is 2. The Labute approximate surface area is 95.6 Å². The molecule has 0 bridgehead atoms. The van der Waals surface area contributed by atoms with E-state index in [9.17, 15) is 5.21 Å². The van der Waals surface area contributed by atoms with Gasteiger partial charge in [-0.15, -0.1) is 0 Å². The van der Waals surface area contributed by atoms with E-state index in [-0.39, 0.29) is 11.1 Å². The summed E-state index contributed by atoms with van der Waals surface area (Å²) in [4.78, 5) is 0. The minimum Gasteiger partial charge on any atom is -0.313 e. The van der Waals surface area contributed by atoms with E-state index in [1.165, 1.54) is 6.42 Å². The molecule has 1 fully saturated rings. The molecule has 0 aliphatic carbocycles. The first-order valence-corrected chi connectivity index (χ1v) is 6.29. The van der Waals surface area contributed by atoms with E-state index in [4.69, 9.17) is 0 Å². The molecule has 2 nitrogen and oxygen atoms in total. The maximum absolute atomic E-state index is 10.0. The van der Waals surface area contributed by atoms with Crippen molar-refractivity contribution in [2.75, 3.05) is 0 Å². The second kappa shape index (κ2) is 5.31. The van der Waals surface area contributed by atoms with Crippen molar-refractivity contribution >= 4 is 0 Å². The fourth-order valence-corrected chi connectivity index (χ4v) is 2.77. The zero-order valence-corrected chi connectivity index (χ0v) is 11.6. The van der Waals surface area contributed by atoms with Crippen LogP contribution in [-0.2, 0) is 0 Å². The molecule has 0 aromatic rings. The lowest BCUT2D eigenvalue weighted by molar-refractivity contribution is -0.251. The average molecular weight is 215 g/mol. The van der Waals surface area contributed by atoms with Gasteiger partial charge in [0.25, 0.3) is 0 Å². The Balaban J connectivity index is 0.000000921. The molecular formula is C13H29NO. The predicted molar refractivity (Wildman–Crippen MR) is 66.1 cm³/mol. The molecule has 0 radical (unpaired) electrons. The standard InChI is InChI=1S/C11H23NO.C2H6/c1-6-9-7-10(2,3)12(13)11(4,5)8-9;1-2/h9,13H,6-8H2,1-5H3;1-2H3. The number of hydrogen-bond donors (Lipinski definition) is 1. The van der Waals surface area contributed by atoms with Gasteiger partial charge < -0.3 is 5.21 Å². The van der Waals surface area contributed by atoms with Crippen molar-refractivity contribution in [1.29, 1.82) is 0 Å². The summed E-state index contributed by atoms with van der Waals surface area (Å²) in [5.74, 6) is 0.758. The van der Waals surface area contributed by atoms with Gasteiger partial charge in [0.05, 0.1) is 0 Å². The van der Waals surface area contributed by atoms with E-state index >= 15 is 0 Å². The Kier molecular flexibility index (Phi) is 5.28. The smallest absolute Gasteiger partial charge is 0.0413 e. The van der Waals surface area contributed by atoms with Crippen molar-refractivity contribution in [3.8, 4) is 0 Å². The van der Waals surface area contributed by atoms with Crippen LogP contribution in [0.5, 0.6) is 0 Å². The van der Waals surface area contributed by atoms with Gasteiger partial charge >= 0.3 is 0 Å². The van der Waals surface area contributed by atoms with Crippen LogP contribution in [0, 0.1) is 5.92 Å². The van der Waals surface area contributed by atoms with Gasteiger partial charge in [0, 0.05) is 11.1 Å². The molecule has 1 rings (SSSR count). The van der Waals surface area contributed by atoms with Crippen molar-refractivity contribution in [1.82, 2.24) is 5.06 Å². The first kappa shape index (κ1) is 14.9. The van der Waals surface area contributed by atoms with Crippen LogP contribution in [0.1, 0.15) is 67.7 Å². The third-order valence-corrected chi connectivity index (χ3v) is 3.30. The fraction of sp³-hybridized carbons (Fsp3) is 1.00. The molecule has 0 aromatic carbocycles. The molecule has 1 aliphatic heterocycles. The van der Waals surface area contributed by atoms with Crippen LogP contribution < -0.4 is 0 Å². The lowest BCUT2D eigenvalue weighted by Crippen LogP contribution is -2.58. The summed E-state index contributed by atoms with van der Waals surface area (Å²) in [5, 5.41) is 11.6. The highest BCUT2D eigenvalue weighted by Crippen LogP contribution is 2.40. The molecule has 0 saturated carbocycles. The summed E-state index contributed by atoms with van der Waals surface area (Å²) in [5.41, 5.74) is -0.134. The summed E-state index contributed by atoms with van der Waals surface area (Å²) in [6.07, 6.45) is 3.42. The van der Waals surface area contributed by atoms with E-state index in [1.807, 2.05) is 13.8 Å². The molecule has 0 spiro atoms. The Morgan fingerprint density at radius 2 is 1.40 bits per heavy atom. The van der Waals surface area contributed by atoms with Gasteiger partial charge in [-0.2, -0.15) is 5.06 Å². The second-order valence-electron chi connectivity index (χ2n) is 5.62. The highest BCUT2D eigenvalue weighted by molar-refractivity contribution is 4.95. The van der Waals surface area contributed by atoms with Gasteiger partial charge in [0.2, 0.25) is 0 Å². The van der Waals surface area contributed by atoms with Crippen LogP contribution in [-0.4, -0.2) is 21.3 Å². The van der Waals surface area contributed by atoms with E-state index in [0.717, 1.165) is 18.8 Å². The lowest BCUT2D eigenvalue weighted by atomic mass is 9.74. The summed E-state index contributed by atoms with van der Waals surface area (Å²) in [6.45, 7) is 14.7. The maximum atomic E-state index is 10.0. The molecule has 1 aliphatic rings. The van der Waals surface area contributed by atoms with Crippen LogP contribution >= 0.6 is 0 Å².